The fourth-order valence-corrected chi connectivity index (χ4v) is 2.76. The van der Waals surface area contributed by atoms with E-state index in [-0.39, 0.29) is 0 Å². The highest BCUT2D eigenvalue weighted by molar-refractivity contribution is 5.86. The van der Waals surface area contributed by atoms with Crippen molar-refractivity contribution < 1.29 is 4.74 Å². The fraction of sp³-hybridized carbons (Fsp3) is 0.200. The van der Waals surface area contributed by atoms with Gasteiger partial charge in [-0.05, 0) is 56.7 Å². The molecule has 3 aromatic heterocycles. The summed E-state index contributed by atoms with van der Waals surface area (Å²) in [6.45, 7) is 6.78. The third-order valence-corrected chi connectivity index (χ3v) is 4.22. The van der Waals surface area contributed by atoms with E-state index >= 15 is 0 Å². The smallest absolute Gasteiger partial charge is 0.162 e. The zero-order valence-electron chi connectivity index (χ0n) is 15.5. The molecule has 0 saturated carbocycles. The van der Waals surface area contributed by atoms with E-state index in [0.717, 1.165) is 40.3 Å². The predicted octanol–water partition coefficient (Wildman–Crippen LogP) is 4.39. The fourth-order valence-electron chi connectivity index (χ4n) is 2.76. The third-order valence-electron chi connectivity index (χ3n) is 4.22. The number of rotatable bonds is 5. The molecule has 0 spiro atoms. The van der Waals surface area contributed by atoms with Crippen molar-refractivity contribution >= 4 is 22.5 Å². The molecule has 0 amide bonds. The summed E-state index contributed by atoms with van der Waals surface area (Å²) < 4.78 is 7.78. The van der Waals surface area contributed by atoms with E-state index in [2.05, 4.69) is 25.4 Å². The average Bonchev–Trinajstić information content (AvgIpc) is 3.10. The second-order valence-corrected chi connectivity index (χ2v) is 6.28. The molecule has 0 aliphatic carbocycles. The maximum Gasteiger partial charge on any atom is 0.162 e. The van der Waals surface area contributed by atoms with Crippen molar-refractivity contribution in [1.82, 2.24) is 24.7 Å². The Kier molecular flexibility index (Phi) is 4.42. The lowest BCUT2D eigenvalue weighted by atomic mass is 10.2. The van der Waals surface area contributed by atoms with Crippen molar-refractivity contribution in [3.8, 4) is 11.5 Å². The van der Waals surface area contributed by atoms with Gasteiger partial charge in [0.2, 0.25) is 0 Å². The Balaban J connectivity index is 1.58. The van der Waals surface area contributed by atoms with Crippen molar-refractivity contribution in [1.29, 1.82) is 0 Å². The second-order valence-electron chi connectivity index (χ2n) is 6.28. The molecule has 1 aromatic carbocycles. The van der Waals surface area contributed by atoms with Gasteiger partial charge in [0.1, 0.15) is 23.3 Å². The molecule has 0 unspecified atom stereocenters. The van der Waals surface area contributed by atoms with Crippen LogP contribution in [-0.4, -0.2) is 24.7 Å². The SMILES string of the molecule is CCn1cc2ncnc(Nc3ccc(Oc4ccc(C)nc4)c(C)c3)c2n1. The van der Waals surface area contributed by atoms with Crippen LogP contribution in [0, 0.1) is 13.8 Å². The van der Waals surface area contributed by atoms with Crippen LogP contribution in [0.2, 0.25) is 0 Å². The van der Waals surface area contributed by atoms with Gasteiger partial charge in [-0.1, -0.05) is 0 Å². The van der Waals surface area contributed by atoms with Crippen molar-refractivity contribution in [3.05, 3.63) is 60.3 Å². The van der Waals surface area contributed by atoms with Gasteiger partial charge in [0.15, 0.2) is 11.3 Å². The number of pyridine rings is 1. The summed E-state index contributed by atoms with van der Waals surface area (Å²) in [6, 6.07) is 9.74. The topological polar surface area (TPSA) is 77.8 Å². The average molecular weight is 360 g/mol. The standard InChI is InChI=1S/C20H20N6O/c1-4-26-11-17-19(25-26)20(23-12-22-17)24-15-6-8-18(13(2)9-15)27-16-7-5-14(3)21-10-16/h5-12H,4H2,1-3H3,(H,22,23,24). The van der Waals surface area contributed by atoms with Crippen LogP contribution in [0.1, 0.15) is 18.2 Å². The number of fused-ring (bicyclic) bond motifs is 1. The highest BCUT2D eigenvalue weighted by Crippen LogP contribution is 2.29. The van der Waals surface area contributed by atoms with Crippen molar-refractivity contribution in [2.24, 2.45) is 0 Å². The van der Waals surface area contributed by atoms with E-state index in [9.17, 15) is 0 Å². The van der Waals surface area contributed by atoms with Crippen LogP contribution in [-0.2, 0) is 6.54 Å². The molecule has 4 rings (SSSR count). The Hall–Kier alpha value is -3.48. The Morgan fingerprint density at radius 2 is 1.96 bits per heavy atom. The second kappa shape index (κ2) is 7.03. The summed E-state index contributed by atoms with van der Waals surface area (Å²) in [6.07, 6.45) is 5.18. The van der Waals surface area contributed by atoms with E-state index in [1.54, 1.807) is 12.5 Å². The minimum absolute atomic E-state index is 0.683. The van der Waals surface area contributed by atoms with E-state index in [1.807, 2.05) is 62.0 Å². The molecule has 4 aromatic rings. The summed E-state index contributed by atoms with van der Waals surface area (Å²) in [7, 11) is 0. The van der Waals surface area contributed by atoms with Crippen LogP contribution in [0.4, 0.5) is 11.5 Å². The van der Waals surface area contributed by atoms with Crippen LogP contribution in [0.15, 0.2) is 49.1 Å². The van der Waals surface area contributed by atoms with E-state index in [4.69, 9.17) is 4.74 Å². The predicted molar refractivity (Wildman–Crippen MR) is 105 cm³/mol. The van der Waals surface area contributed by atoms with Gasteiger partial charge in [-0.15, -0.1) is 0 Å². The molecular weight excluding hydrogens is 340 g/mol. The molecule has 0 bridgehead atoms. The number of hydrogen-bond acceptors (Lipinski definition) is 6. The lowest BCUT2D eigenvalue weighted by Gasteiger charge is -2.11. The van der Waals surface area contributed by atoms with Crippen LogP contribution in [0.3, 0.4) is 0 Å². The van der Waals surface area contributed by atoms with Crippen molar-refractivity contribution in [3.63, 3.8) is 0 Å². The molecule has 0 fully saturated rings. The first-order valence-electron chi connectivity index (χ1n) is 8.78. The van der Waals surface area contributed by atoms with Gasteiger partial charge in [0.25, 0.3) is 0 Å². The zero-order valence-corrected chi connectivity index (χ0v) is 15.5. The molecule has 0 atom stereocenters. The van der Waals surface area contributed by atoms with Crippen LogP contribution >= 0.6 is 0 Å². The van der Waals surface area contributed by atoms with E-state index < -0.39 is 0 Å². The summed E-state index contributed by atoms with van der Waals surface area (Å²) in [4.78, 5) is 12.9. The van der Waals surface area contributed by atoms with Gasteiger partial charge in [0.05, 0.1) is 12.4 Å². The Morgan fingerprint density at radius 3 is 2.70 bits per heavy atom. The van der Waals surface area contributed by atoms with Gasteiger partial charge in [-0.2, -0.15) is 5.10 Å². The minimum atomic E-state index is 0.683. The van der Waals surface area contributed by atoms with Gasteiger partial charge < -0.3 is 10.1 Å². The molecule has 0 saturated heterocycles. The normalized spacial score (nSPS) is 10.9. The monoisotopic (exact) mass is 360 g/mol. The number of ether oxygens (including phenoxy) is 1. The third kappa shape index (κ3) is 3.57. The first-order valence-corrected chi connectivity index (χ1v) is 8.78. The largest absolute Gasteiger partial charge is 0.455 e. The number of aromatic nitrogens is 5. The summed E-state index contributed by atoms with van der Waals surface area (Å²) in [5, 5.41) is 7.86. The molecule has 3 heterocycles. The van der Waals surface area contributed by atoms with Crippen LogP contribution in [0.5, 0.6) is 11.5 Å². The number of nitrogens with one attached hydrogen (secondary N) is 1. The maximum absolute atomic E-state index is 5.93. The lowest BCUT2D eigenvalue weighted by Crippen LogP contribution is -1.98. The van der Waals surface area contributed by atoms with Gasteiger partial charge in [0, 0.05) is 17.9 Å². The first-order chi connectivity index (χ1) is 13.1. The number of aryl methyl sites for hydroxylation is 3. The molecule has 1 N–H and O–H groups in total. The molecule has 7 nitrogen and oxygen atoms in total. The maximum atomic E-state index is 5.93. The lowest BCUT2D eigenvalue weighted by molar-refractivity contribution is 0.476. The van der Waals surface area contributed by atoms with Gasteiger partial charge in [-0.3, -0.25) is 9.67 Å². The highest BCUT2D eigenvalue weighted by atomic mass is 16.5. The van der Waals surface area contributed by atoms with Gasteiger partial charge >= 0.3 is 0 Å². The number of benzene rings is 1. The molecule has 0 aliphatic rings. The first kappa shape index (κ1) is 17.0. The molecule has 0 radical (unpaired) electrons. The molecule has 7 heteroatoms. The van der Waals surface area contributed by atoms with Crippen LogP contribution < -0.4 is 10.1 Å². The number of hydrogen-bond donors (Lipinski definition) is 1. The summed E-state index contributed by atoms with van der Waals surface area (Å²) in [5.74, 6) is 2.18. The number of nitrogens with zero attached hydrogens (tertiary/aromatic N) is 5. The minimum Gasteiger partial charge on any atom is -0.455 e. The van der Waals surface area contributed by atoms with Crippen molar-refractivity contribution in [2.45, 2.75) is 27.3 Å². The Bertz CT molecular complexity index is 1090. The molecule has 0 aliphatic heterocycles. The van der Waals surface area contributed by atoms with E-state index in [1.165, 1.54) is 0 Å². The summed E-state index contributed by atoms with van der Waals surface area (Å²) in [5.41, 5.74) is 4.44. The highest BCUT2D eigenvalue weighted by Gasteiger charge is 2.10. The molecular formula is C20H20N6O. The van der Waals surface area contributed by atoms with Gasteiger partial charge in [-0.25, -0.2) is 9.97 Å². The van der Waals surface area contributed by atoms with Crippen LogP contribution in [0.25, 0.3) is 11.0 Å². The molecule has 136 valence electrons. The number of anilines is 2. The summed E-state index contributed by atoms with van der Waals surface area (Å²) >= 11 is 0. The quantitative estimate of drug-likeness (QED) is 0.568. The zero-order chi connectivity index (χ0) is 18.8. The van der Waals surface area contributed by atoms with E-state index in [0.29, 0.717) is 11.6 Å². The Labute approximate surface area is 157 Å². The Morgan fingerprint density at radius 1 is 1.07 bits per heavy atom. The molecule has 27 heavy (non-hydrogen) atoms. The van der Waals surface area contributed by atoms with Crippen molar-refractivity contribution in [2.75, 3.05) is 5.32 Å².